The van der Waals surface area contributed by atoms with Crippen LogP contribution in [0, 0.1) is 0 Å². The van der Waals surface area contributed by atoms with Gasteiger partial charge in [0.15, 0.2) is 5.82 Å². The van der Waals surface area contributed by atoms with Gasteiger partial charge in [-0.25, -0.2) is 28.0 Å². The summed E-state index contributed by atoms with van der Waals surface area (Å²) in [7, 11) is -3.00. The Kier molecular flexibility index (Phi) is 4.79. The van der Waals surface area contributed by atoms with E-state index in [1.54, 1.807) is 0 Å². The predicted octanol–water partition coefficient (Wildman–Crippen LogP) is 0.906. The Bertz CT molecular complexity index is 526. The number of hydrogen-bond donors (Lipinski definition) is 2. The average molecular weight is 301 g/mol. The van der Waals surface area contributed by atoms with E-state index in [1.165, 1.54) is 0 Å². The Morgan fingerprint density at radius 1 is 1.61 bits per heavy atom. The van der Waals surface area contributed by atoms with Gasteiger partial charge >= 0.3 is 0 Å². The van der Waals surface area contributed by atoms with Crippen molar-refractivity contribution >= 4 is 27.4 Å². The quantitative estimate of drug-likeness (QED) is 0.623. The summed E-state index contributed by atoms with van der Waals surface area (Å²) in [5.41, 5.74) is 2.16. The molecule has 0 bridgehead atoms. The van der Waals surface area contributed by atoms with Gasteiger partial charge in [-0.15, -0.1) is 0 Å². The lowest BCUT2D eigenvalue weighted by Crippen LogP contribution is -2.31. The van der Waals surface area contributed by atoms with Gasteiger partial charge in [-0.05, 0) is 6.07 Å². The van der Waals surface area contributed by atoms with Gasteiger partial charge in [0.25, 0.3) is 6.43 Å². The summed E-state index contributed by atoms with van der Waals surface area (Å²) in [6, 6.07) is 1.08. The first-order valence-electron chi connectivity index (χ1n) is 4.65. The van der Waals surface area contributed by atoms with Gasteiger partial charge in [-0.2, -0.15) is 4.31 Å². The van der Waals surface area contributed by atoms with Crippen LogP contribution in [0.2, 0.25) is 5.02 Å². The van der Waals surface area contributed by atoms with E-state index in [4.69, 9.17) is 17.4 Å². The molecule has 3 N–H and O–H groups in total. The lowest BCUT2D eigenvalue weighted by atomic mass is 10.5. The van der Waals surface area contributed by atoms with Crippen LogP contribution in [0.4, 0.5) is 14.6 Å². The van der Waals surface area contributed by atoms with Gasteiger partial charge in [-0.1, -0.05) is 11.6 Å². The summed E-state index contributed by atoms with van der Waals surface area (Å²) in [6.45, 7) is -0.906. The molecule has 1 heterocycles. The van der Waals surface area contributed by atoms with Gasteiger partial charge < -0.3 is 5.43 Å². The minimum Gasteiger partial charge on any atom is -0.307 e. The Hall–Kier alpha value is -1.03. The zero-order chi connectivity index (χ0) is 13.9. The molecule has 18 heavy (non-hydrogen) atoms. The van der Waals surface area contributed by atoms with Gasteiger partial charge in [0.2, 0.25) is 10.0 Å². The number of pyridine rings is 1. The fourth-order valence-corrected chi connectivity index (χ4v) is 2.55. The second-order valence-corrected chi connectivity index (χ2v) is 5.77. The van der Waals surface area contributed by atoms with Gasteiger partial charge in [0.05, 0.1) is 11.6 Å². The Morgan fingerprint density at radius 3 is 2.67 bits per heavy atom. The molecule has 102 valence electrons. The van der Waals surface area contributed by atoms with Crippen molar-refractivity contribution in [3.05, 3.63) is 17.3 Å². The SMILES string of the molecule is CN(CC(F)F)S(=O)(=O)c1cnc(NN)c(Cl)c1. The van der Waals surface area contributed by atoms with Crippen molar-refractivity contribution in [3.63, 3.8) is 0 Å². The van der Waals surface area contributed by atoms with Crippen LogP contribution in [-0.2, 0) is 10.0 Å². The molecule has 1 rings (SSSR count). The van der Waals surface area contributed by atoms with E-state index in [2.05, 4.69) is 10.4 Å². The molecule has 0 radical (unpaired) electrons. The number of hydrogen-bond acceptors (Lipinski definition) is 5. The largest absolute Gasteiger partial charge is 0.307 e. The van der Waals surface area contributed by atoms with Crippen LogP contribution in [0.1, 0.15) is 0 Å². The van der Waals surface area contributed by atoms with Crippen LogP contribution in [0.25, 0.3) is 0 Å². The number of alkyl halides is 2. The highest BCUT2D eigenvalue weighted by Crippen LogP contribution is 2.23. The second-order valence-electron chi connectivity index (χ2n) is 3.32. The van der Waals surface area contributed by atoms with Crippen molar-refractivity contribution in [2.45, 2.75) is 11.3 Å². The van der Waals surface area contributed by atoms with E-state index < -0.39 is 23.0 Å². The highest BCUT2D eigenvalue weighted by molar-refractivity contribution is 7.89. The van der Waals surface area contributed by atoms with Crippen molar-refractivity contribution in [3.8, 4) is 0 Å². The number of rotatable bonds is 5. The van der Waals surface area contributed by atoms with E-state index in [-0.39, 0.29) is 15.7 Å². The van der Waals surface area contributed by atoms with Gasteiger partial charge in [0.1, 0.15) is 4.90 Å². The topological polar surface area (TPSA) is 88.3 Å². The van der Waals surface area contributed by atoms with Crippen LogP contribution in [0.5, 0.6) is 0 Å². The fraction of sp³-hybridized carbons (Fsp3) is 0.375. The van der Waals surface area contributed by atoms with Crippen LogP contribution < -0.4 is 11.3 Å². The third kappa shape index (κ3) is 3.25. The Morgan fingerprint density at radius 2 is 2.22 bits per heavy atom. The fourth-order valence-electron chi connectivity index (χ4n) is 1.14. The highest BCUT2D eigenvalue weighted by atomic mass is 35.5. The molecule has 6 nitrogen and oxygen atoms in total. The zero-order valence-corrected chi connectivity index (χ0v) is 10.8. The van der Waals surface area contributed by atoms with Crippen LogP contribution in [0.15, 0.2) is 17.2 Å². The maximum atomic E-state index is 12.2. The molecule has 10 heteroatoms. The number of anilines is 1. The minimum atomic E-state index is -4.04. The number of aromatic nitrogens is 1. The highest BCUT2D eigenvalue weighted by Gasteiger charge is 2.24. The van der Waals surface area contributed by atoms with Crippen molar-refractivity contribution in [1.82, 2.24) is 9.29 Å². The summed E-state index contributed by atoms with van der Waals surface area (Å²) < 4.78 is 48.6. The number of nitrogens with zero attached hydrogens (tertiary/aromatic N) is 2. The summed E-state index contributed by atoms with van der Waals surface area (Å²) in [5.74, 6) is 5.17. The van der Waals surface area contributed by atoms with Crippen LogP contribution >= 0.6 is 11.6 Å². The minimum absolute atomic E-state index is 0.0241. The number of sulfonamides is 1. The molecule has 1 aromatic rings. The molecule has 0 aliphatic heterocycles. The zero-order valence-electron chi connectivity index (χ0n) is 9.27. The molecule has 0 saturated heterocycles. The maximum Gasteiger partial charge on any atom is 0.252 e. The smallest absolute Gasteiger partial charge is 0.252 e. The third-order valence-electron chi connectivity index (χ3n) is 2.06. The lowest BCUT2D eigenvalue weighted by molar-refractivity contribution is 0.126. The average Bonchev–Trinajstić information content (AvgIpc) is 2.27. The summed E-state index contributed by atoms with van der Waals surface area (Å²) in [4.78, 5) is 3.38. The number of nitrogens with one attached hydrogen (secondary N) is 1. The number of nitrogen functional groups attached to an aromatic ring is 1. The summed E-state index contributed by atoms with van der Waals surface area (Å²) in [5, 5.41) is -0.0241. The number of hydrazine groups is 1. The van der Waals surface area contributed by atoms with Crippen molar-refractivity contribution < 1.29 is 17.2 Å². The monoisotopic (exact) mass is 300 g/mol. The first kappa shape index (κ1) is 15.0. The molecule has 0 atom stereocenters. The molecule has 0 spiro atoms. The van der Waals surface area contributed by atoms with Gasteiger partial charge in [-0.3, -0.25) is 0 Å². The lowest BCUT2D eigenvalue weighted by Gasteiger charge is -2.16. The van der Waals surface area contributed by atoms with E-state index >= 15 is 0 Å². The van der Waals surface area contributed by atoms with Crippen molar-refractivity contribution in [2.75, 3.05) is 19.0 Å². The van der Waals surface area contributed by atoms with Crippen LogP contribution in [-0.4, -0.2) is 37.7 Å². The molecule has 0 saturated carbocycles. The third-order valence-corrected chi connectivity index (χ3v) is 4.13. The second kappa shape index (κ2) is 5.74. The molecular formula is C8H11ClF2N4O2S. The first-order valence-corrected chi connectivity index (χ1v) is 6.47. The van der Waals surface area contributed by atoms with Crippen molar-refractivity contribution in [2.24, 2.45) is 5.84 Å². The molecule has 0 aliphatic rings. The normalized spacial score (nSPS) is 12.2. The van der Waals surface area contributed by atoms with Crippen LogP contribution in [0.3, 0.4) is 0 Å². The maximum absolute atomic E-state index is 12.2. The molecule has 0 amide bonds. The number of halogens is 3. The van der Waals surface area contributed by atoms with E-state index in [9.17, 15) is 17.2 Å². The Labute approximate surface area is 108 Å². The molecule has 1 aromatic heterocycles. The first-order chi connectivity index (χ1) is 8.28. The van der Waals surface area contributed by atoms with Gasteiger partial charge in [0, 0.05) is 13.2 Å². The molecule has 0 aromatic carbocycles. The Balaban J connectivity index is 3.09. The predicted molar refractivity (Wildman–Crippen MR) is 62.9 cm³/mol. The van der Waals surface area contributed by atoms with E-state index in [1.807, 2.05) is 0 Å². The molecule has 0 fully saturated rings. The number of nitrogens with two attached hydrogens (primary N) is 1. The summed E-state index contributed by atoms with van der Waals surface area (Å²) in [6.07, 6.45) is -1.78. The van der Waals surface area contributed by atoms with E-state index in [0.29, 0.717) is 4.31 Å². The molecule has 0 aliphatic carbocycles. The van der Waals surface area contributed by atoms with E-state index in [0.717, 1.165) is 19.3 Å². The molecular weight excluding hydrogens is 290 g/mol. The summed E-state index contributed by atoms with van der Waals surface area (Å²) >= 11 is 5.71. The van der Waals surface area contributed by atoms with Crippen molar-refractivity contribution in [1.29, 1.82) is 0 Å². The molecule has 0 unspecified atom stereocenters. The standard InChI is InChI=1S/C8H11ClF2N4O2S/c1-15(4-7(10)11)18(16,17)5-2-6(9)8(14-12)13-3-5/h2-3,7H,4,12H2,1H3,(H,13,14).